The van der Waals surface area contributed by atoms with Crippen LogP contribution in [-0.2, 0) is 11.3 Å². The van der Waals surface area contributed by atoms with Crippen molar-refractivity contribution in [2.24, 2.45) is 5.92 Å². The minimum Gasteiger partial charge on any atom is -0.481 e. The van der Waals surface area contributed by atoms with Gasteiger partial charge in [-0.2, -0.15) is 5.10 Å². The molecule has 0 saturated heterocycles. The van der Waals surface area contributed by atoms with Crippen molar-refractivity contribution in [2.75, 3.05) is 6.54 Å². The molecule has 2 aromatic heterocycles. The first-order valence-electron chi connectivity index (χ1n) is 7.92. The van der Waals surface area contributed by atoms with Crippen LogP contribution in [0.1, 0.15) is 41.6 Å². The quantitative estimate of drug-likeness (QED) is 0.825. The van der Waals surface area contributed by atoms with Crippen LogP contribution >= 0.6 is 0 Å². The first-order valence-corrected chi connectivity index (χ1v) is 7.92. The lowest BCUT2D eigenvalue weighted by Gasteiger charge is -2.23. The largest absolute Gasteiger partial charge is 0.481 e. The molecule has 0 spiro atoms. The van der Waals surface area contributed by atoms with Crippen LogP contribution in [0.25, 0.3) is 0 Å². The highest BCUT2D eigenvalue weighted by Gasteiger charge is 2.36. The molecule has 1 aliphatic rings. The third-order valence-electron chi connectivity index (χ3n) is 4.00. The number of carboxylic acid groups (broad SMARTS) is 1. The minimum atomic E-state index is -0.914. The van der Waals surface area contributed by atoms with Crippen LogP contribution in [0.2, 0.25) is 0 Å². The van der Waals surface area contributed by atoms with E-state index in [1.807, 2.05) is 13.1 Å². The zero-order chi connectivity index (χ0) is 17.3. The summed E-state index contributed by atoms with van der Waals surface area (Å²) in [6.45, 7) is 4.11. The molecule has 0 bridgehead atoms. The molecule has 2 aromatic rings. The lowest BCUT2D eigenvalue weighted by molar-refractivity contribution is -0.141. The molecule has 128 valence electrons. The Morgan fingerprint density at radius 1 is 1.50 bits per heavy atom. The molecule has 1 atom stereocenters. The molecule has 1 saturated carbocycles. The van der Waals surface area contributed by atoms with Gasteiger partial charge in [0.1, 0.15) is 6.54 Å². The Bertz CT molecular complexity index is 747. The van der Waals surface area contributed by atoms with Gasteiger partial charge in [0.2, 0.25) is 0 Å². The summed E-state index contributed by atoms with van der Waals surface area (Å²) >= 11 is 0. The first kappa shape index (κ1) is 16.2. The molecule has 1 unspecified atom stereocenters. The minimum absolute atomic E-state index is 0.105. The van der Waals surface area contributed by atoms with Gasteiger partial charge in [-0.05, 0) is 25.3 Å². The average molecular weight is 332 g/mol. The van der Waals surface area contributed by atoms with E-state index in [0.29, 0.717) is 12.3 Å². The second-order valence-electron chi connectivity index (χ2n) is 6.32. The van der Waals surface area contributed by atoms with E-state index in [9.17, 15) is 9.59 Å². The zero-order valence-corrected chi connectivity index (χ0v) is 13.7. The highest BCUT2D eigenvalue weighted by Crippen LogP contribution is 2.29. The number of aliphatic carboxylic acids is 1. The van der Waals surface area contributed by atoms with E-state index in [4.69, 9.17) is 9.63 Å². The standard InChI is InChI=1S/C16H20N4O4/c1-10-6-17-19(7-10)9-13-5-14(18-24-13)15(21)20(12-3-4-12)8-11(2)16(22)23/h5-7,11-12H,3-4,8-9H2,1-2H3,(H,22,23). The van der Waals surface area contributed by atoms with Crippen molar-refractivity contribution >= 4 is 11.9 Å². The Morgan fingerprint density at radius 3 is 2.83 bits per heavy atom. The van der Waals surface area contributed by atoms with Crippen LogP contribution in [0.5, 0.6) is 0 Å². The van der Waals surface area contributed by atoms with Crippen LogP contribution in [-0.4, -0.2) is 49.4 Å². The SMILES string of the molecule is Cc1cnn(Cc2cc(C(=O)N(CC(C)C(=O)O)C3CC3)no2)c1. The Balaban J connectivity index is 1.70. The third kappa shape index (κ3) is 3.64. The molecule has 1 fully saturated rings. The fourth-order valence-electron chi connectivity index (χ4n) is 2.51. The van der Waals surface area contributed by atoms with Crippen LogP contribution < -0.4 is 0 Å². The summed E-state index contributed by atoms with van der Waals surface area (Å²) < 4.78 is 6.93. The average Bonchev–Trinajstić information content (AvgIpc) is 3.14. The number of hydrogen-bond donors (Lipinski definition) is 1. The summed E-state index contributed by atoms with van der Waals surface area (Å²) in [6, 6.07) is 1.70. The number of hydrogen-bond acceptors (Lipinski definition) is 5. The molecule has 0 aliphatic heterocycles. The molecule has 24 heavy (non-hydrogen) atoms. The smallest absolute Gasteiger partial charge is 0.308 e. The van der Waals surface area contributed by atoms with Crippen molar-refractivity contribution in [3.05, 3.63) is 35.5 Å². The molecule has 1 N–H and O–H groups in total. The van der Waals surface area contributed by atoms with E-state index >= 15 is 0 Å². The summed E-state index contributed by atoms with van der Waals surface area (Å²) in [7, 11) is 0. The predicted octanol–water partition coefficient (Wildman–Crippen LogP) is 1.55. The Morgan fingerprint density at radius 2 is 2.25 bits per heavy atom. The van der Waals surface area contributed by atoms with Crippen LogP contribution in [0.4, 0.5) is 0 Å². The number of carbonyl (C=O) groups is 2. The fourth-order valence-corrected chi connectivity index (χ4v) is 2.51. The van der Waals surface area contributed by atoms with E-state index < -0.39 is 11.9 Å². The number of aryl methyl sites for hydroxylation is 1. The van der Waals surface area contributed by atoms with Crippen molar-refractivity contribution in [2.45, 2.75) is 39.3 Å². The van der Waals surface area contributed by atoms with Gasteiger partial charge >= 0.3 is 5.97 Å². The first-order chi connectivity index (χ1) is 11.4. The number of carboxylic acids is 1. The summed E-state index contributed by atoms with van der Waals surface area (Å²) in [5, 5.41) is 17.1. The third-order valence-corrected chi connectivity index (χ3v) is 4.00. The van der Waals surface area contributed by atoms with E-state index in [0.717, 1.165) is 18.4 Å². The molecular weight excluding hydrogens is 312 g/mol. The Kier molecular flexibility index (Phi) is 4.37. The van der Waals surface area contributed by atoms with E-state index in [2.05, 4.69) is 10.3 Å². The molecule has 2 heterocycles. The maximum Gasteiger partial charge on any atom is 0.308 e. The maximum atomic E-state index is 12.6. The lowest BCUT2D eigenvalue weighted by atomic mass is 10.1. The van der Waals surface area contributed by atoms with Crippen LogP contribution in [0.3, 0.4) is 0 Å². The second-order valence-corrected chi connectivity index (χ2v) is 6.32. The molecule has 8 heteroatoms. The topological polar surface area (TPSA) is 101 Å². The van der Waals surface area contributed by atoms with Gasteiger partial charge in [-0.25, -0.2) is 0 Å². The zero-order valence-electron chi connectivity index (χ0n) is 13.7. The highest BCUT2D eigenvalue weighted by molar-refractivity contribution is 5.93. The second kappa shape index (κ2) is 6.46. The summed E-state index contributed by atoms with van der Waals surface area (Å²) in [6.07, 6.45) is 5.41. The summed E-state index contributed by atoms with van der Waals surface area (Å²) in [4.78, 5) is 25.3. The van der Waals surface area contributed by atoms with Gasteiger partial charge < -0.3 is 14.5 Å². The van der Waals surface area contributed by atoms with E-state index in [1.54, 1.807) is 28.8 Å². The van der Waals surface area contributed by atoms with E-state index in [-0.39, 0.29) is 24.2 Å². The molecule has 0 radical (unpaired) electrons. The molecule has 3 rings (SSSR count). The van der Waals surface area contributed by atoms with Gasteiger partial charge in [-0.1, -0.05) is 12.1 Å². The van der Waals surface area contributed by atoms with Gasteiger partial charge in [0.25, 0.3) is 5.91 Å². The van der Waals surface area contributed by atoms with Gasteiger partial charge in [-0.15, -0.1) is 0 Å². The Hall–Kier alpha value is -2.64. The number of aromatic nitrogens is 3. The van der Waals surface area contributed by atoms with Crippen molar-refractivity contribution < 1.29 is 19.2 Å². The maximum absolute atomic E-state index is 12.6. The van der Waals surface area contributed by atoms with Crippen molar-refractivity contribution in [1.82, 2.24) is 19.8 Å². The lowest BCUT2D eigenvalue weighted by Crippen LogP contribution is -2.38. The number of nitrogens with zero attached hydrogens (tertiary/aromatic N) is 4. The van der Waals surface area contributed by atoms with Crippen LogP contribution in [0, 0.1) is 12.8 Å². The van der Waals surface area contributed by atoms with Crippen molar-refractivity contribution in [1.29, 1.82) is 0 Å². The van der Waals surface area contributed by atoms with Gasteiger partial charge in [0.05, 0.1) is 12.1 Å². The number of amides is 1. The molecule has 8 nitrogen and oxygen atoms in total. The summed E-state index contributed by atoms with van der Waals surface area (Å²) in [5.74, 6) is -1.28. The fraction of sp³-hybridized carbons (Fsp3) is 0.500. The summed E-state index contributed by atoms with van der Waals surface area (Å²) in [5.41, 5.74) is 1.24. The number of rotatable bonds is 7. The van der Waals surface area contributed by atoms with Gasteiger partial charge in [0.15, 0.2) is 11.5 Å². The van der Waals surface area contributed by atoms with Crippen LogP contribution in [0.15, 0.2) is 23.0 Å². The monoisotopic (exact) mass is 332 g/mol. The molecule has 1 aliphatic carbocycles. The number of carbonyl (C=O) groups excluding carboxylic acids is 1. The highest BCUT2D eigenvalue weighted by atomic mass is 16.5. The molecule has 0 aromatic carbocycles. The van der Waals surface area contributed by atoms with Gasteiger partial charge in [0, 0.05) is 24.8 Å². The molecule has 1 amide bonds. The Labute approximate surface area is 139 Å². The van der Waals surface area contributed by atoms with Gasteiger partial charge in [-0.3, -0.25) is 14.3 Å². The normalized spacial score (nSPS) is 15.2. The van der Waals surface area contributed by atoms with E-state index in [1.165, 1.54) is 0 Å². The van der Waals surface area contributed by atoms with Crippen molar-refractivity contribution in [3.8, 4) is 0 Å². The predicted molar refractivity (Wildman–Crippen MR) is 83.4 cm³/mol. The van der Waals surface area contributed by atoms with Crippen molar-refractivity contribution in [3.63, 3.8) is 0 Å². The molecular formula is C16H20N4O4.